The lowest BCUT2D eigenvalue weighted by molar-refractivity contribution is 0.0916. The highest BCUT2D eigenvalue weighted by Gasteiger charge is 2.25. The van der Waals surface area contributed by atoms with E-state index in [0.717, 1.165) is 0 Å². The van der Waals surface area contributed by atoms with Crippen LogP contribution in [0.25, 0.3) is 0 Å². The zero-order valence-corrected chi connectivity index (χ0v) is 9.19. The fourth-order valence-electron chi connectivity index (χ4n) is 0.826. The summed E-state index contributed by atoms with van der Waals surface area (Å²) in [6.07, 6.45) is 1.51. The molecule has 1 heterocycles. The van der Waals surface area contributed by atoms with Crippen molar-refractivity contribution in [1.82, 2.24) is 15.5 Å². The molecule has 1 aromatic heterocycles. The summed E-state index contributed by atoms with van der Waals surface area (Å²) in [6.45, 7) is 1.78. The van der Waals surface area contributed by atoms with Crippen molar-refractivity contribution in [3.05, 3.63) is 18.0 Å². The van der Waals surface area contributed by atoms with Gasteiger partial charge in [0.05, 0.1) is 5.54 Å². The Balaban J connectivity index is 2.65. The first-order valence-electron chi connectivity index (χ1n) is 4.05. The van der Waals surface area contributed by atoms with Gasteiger partial charge >= 0.3 is 0 Å². The Kier molecular flexibility index (Phi) is 3.77. The molecule has 0 aliphatic heterocycles. The molecule has 0 spiro atoms. The van der Waals surface area contributed by atoms with Gasteiger partial charge in [-0.15, -0.1) is 23.2 Å². The highest BCUT2D eigenvalue weighted by atomic mass is 35.5. The molecule has 1 rings (SSSR count). The van der Waals surface area contributed by atoms with Crippen LogP contribution in [0.2, 0.25) is 0 Å². The largest absolute Gasteiger partial charge is 0.343 e. The maximum absolute atomic E-state index is 11.5. The van der Waals surface area contributed by atoms with Crippen LogP contribution < -0.4 is 5.32 Å². The fraction of sp³-hybridized carbons (Fsp3) is 0.500. The van der Waals surface area contributed by atoms with Gasteiger partial charge in [-0.3, -0.25) is 9.89 Å². The second-order valence-electron chi connectivity index (χ2n) is 3.25. The van der Waals surface area contributed by atoms with Gasteiger partial charge in [-0.25, -0.2) is 0 Å². The maximum atomic E-state index is 11.5. The molecule has 0 aliphatic carbocycles. The molecule has 0 saturated heterocycles. The summed E-state index contributed by atoms with van der Waals surface area (Å²) >= 11 is 11.4. The highest BCUT2D eigenvalue weighted by molar-refractivity contribution is 6.22. The second kappa shape index (κ2) is 4.66. The Hall–Kier alpha value is -0.740. The van der Waals surface area contributed by atoms with Gasteiger partial charge in [-0.05, 0) is 13.0 Å². The molecule has 0 aromatic carbocycles. The summed E-state index contributed by atoms with van der Waals surface area (Å²) < 4.78 is 0. The Bertz CT molecular complexity index is 296. The number of H-pyrrole nitrogens is 1. The number of carbonyl (C=O) groups excluding carboxylic acids is 1. The third-order valence-corrected chi connectivity index (χ3v) is 2.93. The SMILES string of the molecule is CC(CCl)(CCl)NC(=O)c1ccn[nH]1. The Morgan fingerprint density at radius 1 is 1.64 bits per heavy atom. The number of alkyl halides is 2. The normalized spacial score (nSPS) is 11.4. The van der Waals surface area contributed by atoms with Gasteiger partial charge in [0.1, 0.15) is 5.69 Å². The zero-order chi connectivity index (χ0) is 10.6. The number of nitrogens with one attached hydrogen (secondary N) is 2. The zero-order valence-electron chi connectivity index (χ0n) is 7.68. The molecule has 0 unspecified atom stereocenters. The summed E-state index contributed by atoms with van der Waals surface area (Å²) in [5.41, 5.74) is -0.197. The Labute approximate surface area is 92.0 Å². The quantitative estimate of drug-likeness (QED) is 0.776. The summed E-state index contributed by atoms with van der Waals surface area (Å²) in [4.78, 5) is 11.5. The van der Waals surface area contributed by atoms with E-state index >= 15 is 0 Å². The average molecular weight is 236 g/mol. The number of aromatic nitrogens is 2. The van der Waals surface area contributed by atoms with Crippen LogP contribution in [0.1, 0.15) is 17.4 Å². The van der Waals surface area contributed by atoms with Crippen molar-refractivity contribution in [1.29, 1.82) is 0 Å². The summed E-state index contributed by atoms with van der Waals surface area (Å²) in [6, 6.07) is 1.58. The molecule has 14 heavy (non-hydrogen) atoms. The predicted molar refractivity (Wildman–Crippen MR) is 55.9 cm³/mol. The van der Waals surface area contributed by atoms with Crippen LogP contribution in [0.5, 0.6) is 0 Å². The lowest BCUT2D eigenvalue weighted by Crippen LogP contribution is -2.49. The molecular formula is C8H11Cl2N3O. The van der Waals surface area contributed by atoms with Gasteiger partial charge in [0.15, 0.2) is 0 Å². The molecule has 0 atom stereocenters. The van der Waals surface area contributed by atoms with Crippen molar-refractivity contribution in [3.63, 3.8) is 0 Å². The van der Waals surface area contributed by atoms with Crippen LogP contribution >= 0.6 is 23.2 Å². The number of carbonyl (C=O) groups is 1. The summed E-state index contributed by atoms with van der Waals surface area (Å²) in [7, 11) is 0. The van der Waals surface area contributed by atoms with Crippen LogP contribution in [0, 0.1) is 0 Å². The standard InChI is InChI=1S/C8H11Cl2N3O/c1-8(4-9,5-10)12-7(14)6-2-3-11-13-6/h2-3H,4-5H2,1H3,(H,11,13)(H,12,14). The molecule has 78 valence electrons. The van der Waals surface area contributed by atoms with Crippen LogP contribution in [-0.4, -0.2) is 33.4 Å². The van der Waals surface area contributed by atoms with E-state index in [1.807, 2.05) is 0 Å². The first kappa shape index (κ1) is 11.3. The van der Waals surface area contributed by atoms with Crippen molar-refractivity contribution in [2.45, 2.75) is 12.5 Å². The minimum Gasteiger partial charge on any atom is -0.343 e. The number of nitrogens with zero attached hydrogens (tertiary/aromatic N) is 1. The van der Waals surface area contributed by atoms with E-state index in [4.69, 9.17) is 23.2 Å². The number of amides is 1. The molecule has 4 nitrogen and oxygen atoms in total. The van der Waals surface area contributed by atoms with Gasteiger partial charge in [0.25, 0.3) is 5.91 Å². The number of halogens is 2. The van der Waals surface area contributed by atoms with Crippen LogP contribution in [-0.2, 0) is 0 Å². The van der Waals surface area contributed by atoms with Gasteiger partial charge in [0.2, 0.25) is 0 Å². The molecule has 0 saturated carbocycles. The predicted octanol–water partition coefficient (Wildman–Crippen LogP) is 1.38. The van der Waals surface area contributed by atoms with E-state index < -0.39 is 5.54 Å². The summed E-state index contributed by atoms with van der Waals surface area (Å²) in [5.74, 6) is 0.263. The Morgan fingerprint density at radius 2 is 2.29 bits per heavy atom. The van der Waals surface area contributed by atoms with E-state index in [0.29, 0.717) is 5.69 Å². The molecule has 2 N–H and O–H groups in total. The molecule has 0 fully saturated rings. The van der Waals surface area contributed by atoms with Gasteiger partial charge in [-0.1, -0.05) is 0 Å². The van der Waals surface area contributed by atoms with Crippen molar-refractivity contribution in [2.75, 3.05) is 11.8 Å². The number of rotatable bonds is 4. The molecule has 0 bridgehead atoms. The van der Waals surface area contributed by atoms with E-state index in [2.05, 4.69) is 15.5 Å². The lowest BCUT2D eigenvalue weighted by Gasteiger charge is -2.25. The number of hydrogen-bond donors (Lipinski definition) is 2. The molecule has 6 heteroatoms. The molecular weight excluding hydrogens is 225 g/mol. The van der Waals surface area contributed by atoms with Gasteiger partial charge in [-0.2, -0.15) is 5.10 Å². The third kappa shape index (κ3) is 2.62. The van der Waals surface area contributed by atoms with Crippen molar-refractivity contribution >= 4 is 29.1 Å². The fourth-order valence-corrected chi connectivity index (χ4v) is 1.25. The monoisotopic (exact) mass is 235 g/mol. The van der Waals surface area contributed by atoms with Crippen molar-refractivity contribution in [3.8, 4) is 0 Å². The summed E-state index contributed by atoms with van der Waals surface area (Å²) in [5, 5.41) is 8.95. The second-order valence-corrected chi connectivity index (χ2v) is 3.79. The first-order chi connectivity index (χ1) is 6.61. The molecule has 0 aliphatic rings. The molecule has 1 aromatic rings. The van der Waals surface area contributed by atoms with Gasteiger partial charge in [0, 0.05) is 18.0 Å². The van der Waals surface area contributed by atoms with Crippen LogP contribution in [0.3, 0.4) is 0 Å². The highest BCUT2D eigenvalue weighted by Crippen LogP contribution is 2.09. The third-order valence-electron chi connectivity index (χ3n) is 1.75. The lowest BCUT2D eigenvalue weighted by atomic mass is 10.1. The van der Waals surface area contributed by atoms with E-state index in [1.165, 1.54) is 6.20 Å². The van der Waals surface area contributed by atoms with E-state index in [-0.39, 0.29) is 17.7 Å². The minimum atomic E-state index is -0.592. The number of hydrogen-bond acceptors (Lipinski definition) is 2. The van der Waals surface area contributed by atoms with Gasteiger partial charge < -0.3 is 5.32 Å². The average Bonchev–Trinajstić information content (AvgIpc) is 2.70. The smallest absolute Gasteiger partial charge is 0.269 e. The maximum Gasteiger partial charge on any atom is 0.269 e. The number of aromatic amines is 1. The van der Waals surface area contributed by atoms with Crippen molar-refractivity contribution in [2.24, 2.45) is 0 Å². The van der Waals surface area contributed by atoms with E-state index in [1.54, 1.807) is 13.0 Å². The molecule has 0 radical (unpaired) electrons. The Morgan fingerprint density at radius 3 is 2.71 bits per heavy atom. The minimum absolute atomic E-state index is 0.258. The van der Waals surface area contributed by atoms with E-state index in [9.17, 15) is 4.79 Å². The van der Waals surface area contributed by atoms with Crippen molar-refractivity contribution < 1.29 is 4.79 Å². The molecule has 1 amide bonds. The first-order valence-corrected chi connectivity index (χ1v) is 5.12. The van der Waals surface area contributed by atoms with Crippen LogP contribution in [0.4, 0.5) is 0 Å². The topological polar surface area (TPSA) is 57.8 Å². The van der Waals surface area contributed by atoms with Crippen LogP contribution in [0.15, 0.2) is 12.3 Å².